The fourth-order valence-corrected chi connectivity index (χ4v) is 10.0. The van der Waals surface area contributed by atoms with Crippen LogP contribution in [0, 0.1) is 23.7 Å². The van der Waals surface area contributed by atoms with Crippen LogP contribution in [0.4, 0.5) is 10.5 Å². The normalized spacial score (nSPS) is 25.2. The Balaban J connectivity index is 1.45. The van der Waals surface area contributed by atoms with Gasteiger partial charge in [0.05, 0.1) is 38.1 Å². The van der Waals surface area contributed by atoms with Gasteiger partial charge in [-0.15, -0.1) is 6.58 Å². The monoisotopic (exact) mass is 817 g/mol. The maximum absolute atomic E-state index is 14.2. The Kier molecular flexibility index (Phi) is 15.3. The van der Waals surface area contributed by atoms with Gasteiger partial charge in [0.15, 0.2) is 0 Å². The molecule has 59 heavy (non-hydrogen) atoms. The molecule has 3 N–H and O–H groups in total. The maximum Gasteiger partial charge on any atom is 0.417 e. The van der Waals surface area contributed by atoms with Crippen molar-refractivity contribution in [3.8, 4) is 23.0 Å². The van der Waals surface area contributed by atoms with Crippen LogP contribution in [0.3, 0.4) is 0 Å². The Morgan fingerprint density at radius 1 is 0.983 bits per heavy atom. The van der Waals surface area contributed by atoms with Crippen LogP contribution < -0.4 is 24.3 Å². The molecular formula is C46H63N3O10. The zero-order valence-corrected chi connectivity index (χ0v) is 35.2. The lowest BCUT2D eigenvalue weighted by molar-refractivity contribution is -0.255. The zero-order valence-electron chi connectivity index (χ0n) is 35.2. The van der Waals surface area contributed by atoms with E-state index in [0.717, 1.165) is 61.8 Å². The second-order valence-corrected chi connectivity index (χ2v) is 16.2. The van der Waals surface area contributed by atoms with Gasteiger partial charge in [0.2, 0.25) is 11.7 Å². The first-order valence-corrected chi connectivity index (χ1v) is 21.3. The number of fused-ring (bicyclic) bond motifs is 2. The summed E-state index contributed by atoms with van der Waals surface area (Å²) in [6.45, 7) is 4.35. The third-order valence-electron chi connectivity index (χ3n) is 12.8. The molecular weight excluding hydrogens is 755 g/mol. The highest BCUT2D eigenvalue weighted by Crippen LogP contribution is 2.62. The number of oxime groups is 1. The van der Waals surface area contributed by atoms with Crippen LogP contribution in [0.1, 0.15) is 95.0 Å². The molecule has 2 amide bonds. The number of anilines is 1. The van der Waals surface area contributed by atoms with Crippen molar-refractivity contribution in [1.82, 2.24) is 4.90 Å². The number of unbranched alkanes of at least 4 members (excludes halogenated alkanes) is 2. The Bertz CT molecular complexity index is 1830. The molecule has 13 heteroatoms. The van der Waals surface area contributed by atoms with Crippen LogP contribution in [-0.4, -0.2) is 92.9 Å². The maximum atomic E-state index is 14.2. The number of nitrogens with zero attached hydrogens (tertiary/aromatic N) is 2. The van der Waals surface area contributed by atoms with E-state index in [1.165, 1.54) is 27.1 Å². The molecule has 6 unspecified atom stereocenters. The van der Waals surface area contributed by atoms with Gasteiger partial charge in [-0.3, -0.25) is 10.1 Å². The predicted octanol–water partition coefficient (Wildman–Crippen LogP) is 8.01. The number of benzene rings is 2. The summed E-state index contributed by atoms with van der Waals surface area (Å²) in [6, 6.07) is 9.91. The molecule has 2 fully saturated rings. The van der Waals surface area contributed by atoms with Crippen molar-refractivity contribution in [3.63, 3.8) is 0 Å². The van der Waals surface area contributed by atoms with Gasteiger partial charge in [-0.05, 0) is 85.8 Å². The van der Waals surface area contributed by atoms with E-state index in [1.54, 1.807) is 37.5 Å². The van der Waals surface area contributed by atoms with Crippen LogP contribution in [0.15, 0.2) is 65.9 Å². The van der Waals surface area contributed by atoms with Gasteiger partial charge in [0.1, 0.15) is 36.1 Å². The lowest BCUT2D eigenvalue weighted by Crippen LogP contribution is -2.69. The fourth-order valence-electron chi connectivity index (χ4n) is 10.0. The van der Waals surface area contributed by atoms with Crippen molar-refractivity contribution in [2.24, 2.45) is 28.8 Å². The Hall–Kier alpha value is -4.59. The first-order chi connectivity index (χ1) is 28.7. The van der Waals surface area contributed by atoms with E-state index in [9.17, 15) is 19.8 Å². The van der Waals surface area contributed by atoms with Crippen LogP contribution in [-0.2, 0) is 14.4 Å². The number of allylic oxidation sites excluding steroid dienone is 1. The Morgan fingerprint density at radius 2 is 1.73 bits per heavy atom. The van der Waals surface area contributed by atoms with Gasteiger partial charge in [0, 0.05) is 50.7 Å². The number of ether oxygens (including phenoxy) is 5. The van der Waals surface area contributed by atoms with Crippen molar-refractivity contribution < 1.29 is 48.3 Å². The smallest absolute Gasteiger partial charge is 0.417 e. The summed E-state index contributed by atoms with van der Waals surface area (Å²) in [7, 11) is 6.45. The van der Waals surface area contributed by atoms with E-state index in [-0.39, 0.29) is 43.5 Å². The quantitative estimate of drug-likeness (QED) is 0.0680. The Labute approximate surface area is 348 Å². The second-order valence-electron chi connectivity index (χ2n) is 16.2. The van der Waals surface area contributed by atoms with Crippen molar-refractivity contribution in [3.05, 3.63) is 66.3 Å². The summed E-state index contributed by atoms with van der Waals surface area (Å²) < 4.78 is 30.9. The van der Waals surface area contributed by atoms with Crippen LogP contribution in [0.5, 0.6) is 23.0 Å². The highest BCUT2D eigenvalue weighted by molar-refractivity contribution is 6.03. The van der Waals surface area contributed by atoms with Gasteiger partial charge in [0.25, 0.3) is 0 Å². The number of likely N-dealkylation sites (N-methyl/N-ethyl adjacent to an activating group) is 1. The van der Waals surface area contributed by atoms with E-state index in [4.69, 9.17) is 28.5 Å². The molecule has 0 aromatic heterocycles. The fraction of sp³-hybridized carbons (Fsp3) is 0.587. The molecule has 2 saturated carbocycles. The first kappa shape index (κ1) is 44.0. The van der Waals surface area contributed by atoms with Gasteiger partial charge >= 0.3 is 6.09 Å². The molecule has 3 aliphatic carbocycles. The number of amides is 2. The zero-order chi connectivity index (χ0) is 41.9. The topological polar surface area (TPSA) is 158 Å². The summed E-state index contributed by atoms with van der Waals surface area (Å²) in [5.41, 5.74) is 2.94. The predicted molar refractivity (Wildman–Crippen MR) is 225 cm³/mol. The van der Waals surface area contributed by atoms with Gasteiger partial charge in [-0.2, -0.15) is 0 Å². The summed E-state index contributed by atoms with van der Waals surface area (Å²) in [4.78, 5) is 35.0. The number of aliphatic hydroxyl groups excluding tert-OH is 2. The summed E-state index contributed by atoms with van der Waals surface area (Å²) in [5.74, 6) is 0.536. The van der Waals surface area contributed by atoms with E-state index < -0.39 is 23.8 Å². The van der Waals surface area contributed by atoms with E-state index in [1.807, 2.05) is 24.1 Å². The average Bonchev–Trinajstić information content (AvgIpc) is 3.77. The Morgan fingerprint density at radius 3 is 2.42 bits per heavy atom. The SMILES string of the molecule is C=CCOC12Oc3ccc(OC(=O)Nc4ccc(OC)cc4OC)cc3C3C(CCCCO)C(CCCCO)C=C(C(=NOC)CC1N(C)C(=O)CCC1CCCC1)C32. The molecule has 2 aromatic carbocycles. The number of hydrogen-bond donors (Lipinski definition) is 3. The molecule has 0 radical (unpaired) electrons. The second kappa shape index (κ2) is 20.6. The summed E-state index contributed by atoms with van der Waals surface area (Å²) >= 11 is 0. The lowest BCUT2D eigenvalue weighted by atomic mass is 9.55. The van der Waals surface area contributed by atoms with Crippen molar-refractivity contribution in [1.29, 1.82) is 0 Å². The standard InChI is InChI=1S/C46H63N3O10/c1-6-25-57-46-41(49(2)42(52)22-17-30-13-7-8-14-30)29-38(48-56-5)35-26-31(15-9-11-23-50)34(16-10-12-24-51)43(44(35)46)36-27-33(19-21-39(36)59-46)58-45(53)47-37-20-18-32(54-3)28-40(37)55-4/h6,18-21,26-28,30-31,34,41,43-44,50-51H,1,7-17,22-25,29H2,2-5H3,(H,47,53). The number of carbonyl (C=O) groups excluding carboxylic acids is 2. The summed E-state index contributed by atoms with van der Waals surface area (Å²) in [6.07, 6.45) is 14.2. The third-order valence-corrected chi connectivity index (χ3v) is 12.8. The molecule has 0 saturated heterocycles. The van der Waals surface area contributed by atoms with Crippen LogP contribution in [0.2, 0.25) is 0 Å². The number of hydrogen-bond acceptors (Lipinski definition) is 11. The molecule has 4 aliphatic rings. The molecule has 6 atom stereocenters. The number of rotatable bonds is 20. The van der Waals surface area contributed by atoms with Gasteiger partial charge in [-0.1, -0.05) is 55.8 Å². The first-order valence-electron chi connectivity index (χ1n) is 21.3. The third kappa shape index (κ3) is 9.74. The van der Waals surface area contributed by atoms with Crippen LogP contribution in [0.25, 0.3) is 0 Å². The van der Waals surface area contributed by atoms with Crippen molar-refractivity contribution in [2.45, 2.75) is 101 Å². The highest BCUT2D eigenvalue weighted by atomic mass is 16.7. The van der Waals surface area contributed by atoms with Crippen LogP contribution >= 0.6 is 0 Å². The molecule has 0 spiro atoms. The molecule has 13 nitrogen and oxygen atoms in total. The molecule has 0 bridgehead atoms. The van der Waals surface area contributed by atoms with E-state index in [2.05, 4.69) is 23.1 Å². The number of methoxy groups -OCH3 is 2. The summed E-state index contributed by atoms with van der Waals surface area (Å²) in [5, 5.41) is 27.1. The molecule has 1 heterocycles. The number of aliphatic hydroxyl groups is 2. The largest absolute Gasteiger partial charge is 0.497 e. The van der Waals surface area contributed by atoms with E-state index >= 15 is 0 Å². The molecule has 1 aliphatic heterocycles. The van der Waals surface area contributed by atoms with Gasteiger partial charge in [-0.25, -0.2) is 4.79 Å². The highest BCUT2D eigenvalue weighted by Gasteiger charge is 2.65. The molecule has 322 valence electrons. The minimum absolute atomic E-state index is 0.0269. The lowest BCUT2D eigenvalue weighted by Gasteiger charge is -2.59. The number of nitrogens with one attached hydrogen (secondary N) is 1. The molecule has 6 rings (SSSR count). The number of carbonyl (C=O) groups is 2. The van der Waals surface area contributed by atoms with Gasteiger partial charge < -0.3 is 43.6 Å². The minimum atomic E-state index is -1.34. The van der Waals surface area contributed by atoms with Crippen molar-refractivity contribution in [2.75, 3.05) is 53.5 Å². The average molecular weight is 818 g/mol. The minimum Gasteiger partial charge on any atom is -0.497 e. The molecule has 2 aromatic rings. The van der Waals surface area contributed by atoms with Crippen molar-refractivity contribution >= 4 is 23.4 Å². The van der Waals surface area contributed by atoms with E-state index in [0.29, 0.717) is 60.3 Å².